The Morgan fingerprint density at radius 2 is 2.18 bits per heavy atom. The van der Waals surface area contributed by atoms with Crippen LogP contribution < -0.4 is 10.6 Å². The molecule has 1 aromatic carbocycles. The minimum absolute atomic E-state index is 0.0282. The fourth-order valence-electron chi connectivity index (χ4n) is 1.63. The molecule has 0 aliphatic rings. The molecule has 0 bridgehead atoms. The van der Waals surface area contributed by atoms with E-state index in [-0.39, 0.29) is 5.57 Å². The molecule has 0 aliphatic carbocycles. The van der Waals surface area contributed by atoms with Crippen LogP contribution in [-0.4, -0.2) is 25.5 Å². The highest BCUT2D eigenvalue weighted by Gasteiger charge is 2.08. The molecule has 1 rings (SSSR count). The second kappa shape index (κ2) is 9.19. The number of esters is 1. The van der Waals surface area contributed by atoms with Crippen LogP contribution in [-0.2, 0) is 9.53 Å². The molecule has 6 heteroatoms. The Kier molecular flexibility index (Phi) is 7.20. The summed E-state index contributed by atoms with van der Waals surface area (Å²) in [5.74, 6) is -0.877. The van der Waals surface area contributed by atoms with Crippen LogP contribution >= 0.6 is 0 Å². The van der Waals surface area contributed by atoms with Crippen molar-refractivity contribution in [2.45, 2.75) is 19.8 Å². The predicted octanol–water partition coefficient (Wildman–Crippen LogP) is 2.21. The van der Waals surface area contributed by atoms with Crippen LogP contribution in [0.5, 0.6) is 0 Å². The molecule has 0 aliphatic heterocycles. The van der Waals surface area contributed by atoms with E-state index in [9.17, 15) is 9.59 Å². The van der Waals surface area contributed by atoms with Crippen LogP contribution in [0.25, 0.3) is 0 Å². The molecule has 6 nitrogen and oxygen atoms in total. The van der Waals surface area contributed by atoms with Crippen molar-refractivity contribution < 1.29 is 14.3 Å². The number of benzene rings is 1. The third-order valence-corrected chi connectivity index (χ3v) is 2.85. The molecule has 2 N–H and O–H groups in total. The van der Waals surface area contributed by atoms with Crippen molar-refractivity contribution in [3.8, 4) is 6.07 Å². The van der Waals surface area contributed by atoms with Crippen molar-refractivity contribution in [2.24, 2.45) is 0 Å². The van der Waals surface area contributed by atoms with Gasteiger partial charge in [0.25, 0.3) is 5.91 Å². The van der Waals surface area contributed by atoms with Gasteiger partial charge in [0.05, 0.1) is 12.7 Å². The number of ether oxygens (including phenoxy) is 1. The Morgan fingerprint density at radius 1 is 1.41 bits per heavy atom. The summed E-state index contributed by atoms with van der Waals surface area (Å²) in [5.41, 5.74) is 0.934. The summed E-state index contributed by atoms with van der Waals surface area (Å²) in [6.07, 6.45) is 3.14. The summed E-state index contributed by atoms with van der Waals surface area (Å²) >= 11 is 0. The molecule has 0 aromatic heterocycles. The average molecular weight is 301 g/mol. The van der Waals surface area contributed by atoms with Crippen molar-refractivity contribution in [3.63, 3.8) is 0 Å². The van der Waals surface area contributed by atoms with Gasteiger partial charge in [-0.3, -0.25) is 4.79 Å². The fraction of sp³-hybridized carbons (Fsp3) is 0.312. The third kappa shape index (κ3) is 5.29. The molecule has 0 atom stereocenters. The Hall–Kier alpha value is -2.81. The van der Waals surface area contributed by atoms with E-state index in [1.807, 2.05) is 13.0 Å². The third-order valence-electron chi connectivity index (χ3n) is 2.85. The van der Waals surface area contributed by atoms with Crippen molar-refractivity contribution in [1.29, 1.82) is 5.26 Å². The number of anilines is 1. The summed E-state index contributed by atoms with van der Waals surface area (Å²) in [5, 5.41) is 14.5. The topological polar surface area (TPSA) is 91.2 Å². The number of nitrogens with one attached hydrogen (secondary N) is 2. The zero-order chi connectivity index (χ0) is 16.4. The van der Waals surface area contributed by atoms with Gasteiger partial charge in [-0.05, 0) is 24.6 Å². The number of hydrogen-bond acceptors (Lipinski definition) is 5. The normalized spacial score (nSPS) is 10.5. The van der Waals surface area contributed by atoms with Gasteiger partial charge in [0.1, 0.15) is 11.6 Å². The summed E-state index contributed by atoms with van der Waals surface area (Å²) in [4.78, 5) is 23.2. The van der Waals surface area contributed by atoms with Crippen LogP contribution in [0.2, 0.25) is 0 Å². The average Bonchev–Trinajstić information content (AvgIpc) is 2.55. The van der Waals surface area contributed by atoms with Gasteiger partial charge >= 0.3 is 5.97 Å². The van der Waals surface area contributed by atoms with Crippen LogP contribution in [0.3, 0.4) is 0 Å². The molecule has 1 amide bonds. The number of carbonyl (C=O) groups is 2. The largest absolute Gasteiger partial charge is 0.465 e. The molecule has 22 heavy (non-hydrogen) atoms. The molecule has 116 valence electrons. The maximum absolute atomic E-state index is 11.8. The maximum atomic E-state index is 11.8. The van der Waals surface area contributed by atoms with E-state index in [1.165, 1.54) is 13.3 Å². The monoisotopic (exact) mass is 301 g/mol. The SMILES string of the molecule is CCCCNC(=O)/C(C#N)=C\Nc1cccc(C(=O)OC)c1. The number of rotatable bonds is 7. The van der Waals surface area contributed by atoms with E-state index < -0.39 is 11.9 Å². The molecular weight excluding hydrogens is 282 g/mol. The van der Waals surface area contributed by atoms with Gasteiger partial charge in [0.15, 0.2) is 0 Å². The van der Waals surface area contributed by atoms with Gasteiger partial charge in [-0.2, -0.15) is 5.26 Å². The summed E-state index contributed by atoms with van der Waals surface area (Å²) in [6, 6.07) is 8.42. The first-order chi connectivity index (χ1) is 10.6. The zero-order valence-corrected chi connectivity index (χ0v) is 12.7. The lowest BCUT2D eigenvalue weighted by Crippen LogP contribution is -2.25. The quantitative estimate of drug-likeness (QED) is 0.349. The lowest BCUT2D eigenvalue weighted by Gasteiger charge is -2.05. The van der Waals surface area contributed by atoms with E-state index in [2.05, 4.69) is 15.4 Å². The first-order valence-corrected chi connectivity index (χ1v) is 6.95. The van der Waals surface area contributed by atoms with Gasteiger partial charge in [0.2, 0.25) is 0 Å². The molecular formula is C16H19N3O3. The van der Waals surface area contributed by atoms with Crippen LogP contribution in [0, 0.1) is 11.3 Å². The van der Waals surface area contributed by atoms with E-state index in [0.717, 1.165) is 12.8 Å². The van der Waals surface area contributed by atoms with Crippen LogP contribution in [0.4, 0.5) is 5.69 Å². The minimum Gasteiger partial charge on any atom is -0.465 e. The van der Waals surface area contributed by atoms with E-state index in [4.69, 9.17) is 5.26 Å². The van der Waals surface area contributed by atoms with Gasteiger partial charge in [-0.25, -0.2) is 4.79 Å². The number of hydrogen-bond donors (Lipinski definition) is 2. The first kappa shape index (κ1) is 17.2. The Bertz CT molecular complexity index is 603. The summed E-state index contributed by atoms with van der Waals surface area (Å²) in [7, 11) is 1.30. The molecule has 0 unspecified atom stereocenters. The molecule has 0 spiro atoms. The lowest BCUT2D eigenvalue weighted by molar-refractivity contribution is -0.117. The highest BCUT2D eigenvalue weighted by molar-refractivity contribution is 5.97. The fourth-order valence-corrected chi connectivity index (χ4v) is 1.63. The van der Waals surface area contributed by atoms with Crippen LogP contribution in [0.15, 0.2) is 36.0 Å². The highest BCUT2D eigenvalue weighted by atomic mass is 16.5. The molecule has 0 saturated carbocycles. The Morgan fingerprint density at radius 3 is 2.82 bits per heavy atom. The summed E-state index contributed by atoms with van der Waals surface area (Å²) < 4.78 is 4.63. The number of nitriles is 1. The van der Waals surface area contributed by atoms with Gasteiger partial charge < -0.3 is 15.4 Å². The van der Waals surface area contributed by atoms with E-state index in [0.29, 0.717) is 17.8 Å². The van der Waals surface area contributed by atoms with Crippen molar-refractivity contribution in [3.05, 3.63) is 41.6 Å². The molecule has 0 radical (unpaired) electrons. The number of methoxy groups -OCH3 is 1. The van der Waals surface area contributed by atoms with Crippen molar-refractivity contribution in [1.82, 2.24) is 5.32 Å². The standard InChI is InChI=1S/C16H19N3O3/c1-3-4-8-18-15(20)13(10-17)11-19-14-7-5-6-12(9-14)16(21)22-2/h5-7,9,11,19H,3-4,8H2,1-2H3,(H,18,20)/b13-11-. The lowest BCUT2D eigenvalue weighted by atomic mass is 10.2. The van der Waals surface area contributed by atoms with Gasteiger partial charge in [0, 0.05) is 18.4 Å². The Balaban J connectivity index is 2.74. The van der Waals surface area contributed by atoms with Crippen LogP contribution in [0.1, 0.15) is 30.1 Å². The number of nitrogens with zero attached hydrogens (tertiary/aromatic N) is 1. The smallest absolute Gasteiger partial charge is 0.337 e. The van der Waals surface area contributed by atoms with E-state index >= 15 is 0 Å². The second-order valence-electron chi connectivity index (χ2n) is 4.50. The van der Waals surface area contributed by atoms with Crippen molar-refractivity contribution >= 4 is 17.6 Å². The molecule has 0 heterocycles. The first-order valence-electron chi connectivity index (χ1n) is 6.95. The molecule has 0 fully saturated rings. The highest BCUT2D eigenvalue weighted by Crippen LogP contribution is 2.12. The maximum Gasteiger partial charge on any atom is 0.337 e. The van der Waals surface area contributed by atoms with E-state index in [1.54, 1.807) is 24.3 Å². The second-order valence-corrected chi connectivity index (χ2v) is 4.50. The molecule has 1 aromatic rings. The molecule has 0 saturated heterocycles. The number of carbonyl (C=O) groups excluding carboxylic acids is 2. The van der Waals surface area contributed by atoms with Crippen molar-refractivity contribution in [2.75, 3.05) is 19.0 Å². The number of unbranched alkanes of at least 4 members (excludes halogenated alkanes) is 1. The predicted molar refractivity (Wildman–Crippen MR) is 83.0 cm³/mol. The summed E-state index contributed by atoms with van der Waals surface area (Å²) in [6.45, 7) is 2.55. The Labute approximate surface area is 129 Å². The zero-order valence-electron chi connectivity index (χ0n) is 12.7. The van der Waals surface area contributed by atoms with Gasteiger partial charge in [-0.15, -0.1) is 0 Å². The number of amides is 1. The minimum atomic E-state index is -0.453. The van der Waals surface area contributed by atoms with Gasteiger partial charge in [-0.1, -0.05) is 19.4 Å².